The highest BCUT2D eigenvalue weighted by Gasteiger charge is 2.33. The number of hydrogen-bond acceptors (Lipinski definition) is 8. The third-order valence-electron chi connectivity index (χ3n) is 2.20. The van der Waals surface area contributed by atoms with Crippen molar-refractivity contribution in [1.29, 1.82) is 0 Å². The molecule has 0 amide bonds. The van der Waals surface area contributed by atoms with E-state index < -0.39 is 16.6 Å². The minimum absolute atomic E-state index is 0.00345. The van der Waals surface area contributed by atoms with E-state index >= 15 is 0 Å². The molecule has 0 fully saturated rings. The second kappa shape index (κ2) is 4.10. The third kappa shape index (κ3) is 2.09. The molecule has 1 aliphatic rings. The molecule has 0 aliphatic carbocycles. The van der Waals surface area contributed by atoms with Gasteiger partial charge in [0.1, 0.15) is 23.4 Å². The summed E-state index contributed by atoms with van der Waals surface area (Å²) in [6.07, 6.45) is -0.941. The molecule has 100 valence electrons. The number of ether oxygens (including phenoxy) is 1. The number of nitrogens with two attached hydrogens (primary N) is 1. The Balaban J connectivity index is 2.62. The van der Waals surface area contributed by atoms with Crippen molar-refractivity contribution >= 4 is 21.8 Å². The monoisotopic (exact) mass is 276 g/mol. The topological polar surface area (TPSA) is 120 Å². The van der Waals surface area contributed by atoms with Crippen LogP contribution in [-0.4, -0.2) is 26.9 Å². The van der Waals surface area contributed by atoms with E-state index in [0.29, 0.717) is 0 Å². The minimum Gasteiger partial charge on any atom is -0.494 e. The fraction of sp³-hybridized carbons (Fsp3) is 0.333. The molecule has 2 rings (SSSR count). The largest absolute Gasteiger partial charge is 0.501 e. The first-order valence-corrected chi connectivity index (χ1v) is 6.26. The van der Waals surface area contributed by atoms with Crippen LogP contribution >= 0.6 is 0 Å². The SMILES string of the molecule is COc1cc2c(NC(C)O)c(c1N)OS(=O)(=O)O2. The standard InChI is InChI=1S/C9H12N2O6S/c1-4(12)11-8-6-3-5(15-2)7(10)9(8)17-18(13,14)16-6/h3-4,11-12H,10H2,1-2H3. The molecule has 8 nitrogen and oxygen atoms in total. The molecular formula is C9H12N2O6S. The van der Waals surface area contributed by atoms with E-state index in [1.54, 1.807) is 0 Å². The van der Waals surface area contributed by atoms with Crippen LogP contribution in [0.5, 0.6) is 17.2 Å². The number of anilines is 2. The van der Waals surface area contributed by atoms with Crippen LogP contribution in [0.3, 0.4) is 0 Å². The second-order valence-electron chi connectivity index (χ2n) is 3.59. The minimum atomic E-state index is -4.19. The Morgan fingerprint density at radius 1 is 1.50 bits per heavy atom. The van der Waals surface area contributed by atoms with Crippen molar-refractivity contribution in [2.45, 2.75) is 13.2 Å². The summed E-state index contributed by atoms with van der Waals surface area (Å²) in [5, 5.41) is 11.9. The first-order chi connectivity index (χ1) is 8.34. The van der Waals surface area contributed by atoms with Gasteiger partial charge in [-0.3, -0.25) is 0 Å². The van der Waals surface area contributed by atoms with E-state index in [2.05, 4.69) is 13.7 Å². The first kappa shape index (κ1) is 12.6. The molecule has 1 aromatic carbocycles. The molecule has 0 radical (unpaired) electrons. The molecule has 1 heterocycles. The number of benzene rings is 1. The lowest BCUT2D eigenvalue weighted by Crippen LogP contribution is -2.25. The van der Waals surface area contributed by atoms with E-state index in [9.17, 15) is 13.5 Å². The Morgan fingerprint density at radius 2 is 2.17 bits per heavy atom. The summed E-state index contributed by atoms with van der Waals surface area (Å²) in [5.74, 6) is 0.00532. The van der Waals surface area contributed by atoms with Crippen LogP contribution < -0.4 is 24.2 Å². The van der Waals surface area contributed by atoms with E-state index in [-0.39, 0.29) is 28.6 Å². The van der Waals surface area contributed by atoms with Crippen molar-refractivity contribution in [3.8, 4) is 17.2 Å². The number of fused-ring (bicyclic) bond motifs is 2. The molecule has 9 heteroatoms. The number of nitrogens with one attached hydrogen (secondary N) is 1. The summed E-state index contributed by atoms with van der Waals surface area (Å²) in [5.41, 5.74) is 5.86. The molecule has 1 aromatic rings. The average Bonchev–Trinajstić information content (AvgIpc) is 2.24. The Labute approximate surface area is 104 Å². The van der Waals surface area contributed by atoms with Crippen molar-refractivity contribution in [3.63, 3.8) is 0 Å². The highest BCUT2D eigenvalue weighted by atomic mass is 32.3. The fourth-order valence-electron chi connectivity index (χ4n) is 1.52. The summed E-state index contributed by atoms with van der Waals surface area (Å²) < 4.78 is 36.9. The number of rotatable bonds is 3. The molecular weight excluding hydrogens is 264 g/mol. The summed E-state index contributed by atoms with van der Waals surface area (Å²) in [7, 11) is -2.82. The van der Waals surface area contributed by atoms with Crippen LogP contribution in [0.2, 0.25) is 0 Å². The molecule has 1 atom stereocenters. The zero-order valence-electron chi connectivity index (χ0n) is 9.63. The molecule has 0 spiro atoms. The zero-order chi connectivity index (χ0) is 13.5. The molecule has 0 aromatic heterocycles. The fourth-order valence-corrected chi connectivity index (χ4v) is 2.29. The molecule has 2 bridgehead atoms. The van der Waals surface area contributed by atoms with Gasteiger partial charge in [-0.25, -0.2) is 0 Å². The first-order valence-electron chi connectivity index (χ1n) is 4.93. The summed E-state index contributed by atoms with van der Waals surface area (Å²) in [6, 6.07) is 1.30. The van der Waals surface area contributed by atoms with Gasteiger partial charge < -0.3 is 29.3 Å². The van der Waals surface area contributed by atoms with Gasteiger partial charge in [0.05, 0.1) is 7.11 Å². The van der Waals surface area contributed by atoms with Crippen LogP contribution in [0.15, 0.2) is 6.07 Å². The van der Waals surface area contributed by atoms with Gasteiger partial charge in [0, 0.05) is 6.07 Å². The molecule has 18 heavy (non-hydrogen) atoms. The maximum atomic E-state index is 11.3. The molecule has 1 aliphatic heterocycles. The number of hydrogen-bond donors (Lipinski definition) is 3. The van der Waals surface area contributed by atoms with Gasteiger partial charge in [0.2, 0.25) is 0 Å². The number of aliphatic hydroxyl groups excluding tert-OH is 1. The van der Waals surface area contributed by atoms with Crippen molar-refractivity contribution in [2.75, 3.05) is 18.2 Å². The maximum Gasteiger partial charge on any atom is 0.501 e. The van der Waals surface area contributed by atoms with Gasteiger partial charge in [-0.05, 0) is 6.92 Å². The van der Waals surface area contributed by atoms with Crippen molar-refractivity contribution < 1.29 is 26.6 Å². The molecule has 1 unspecified atom stereocenters. The predicted molar refractivity (Wildman–Crippen MR) is 62.9 cm³/mol. The van der Waals surface area contributed by atoms with Gasteiger partial charge in [0.15, 0.2) is 11.5 Å². The van der Waals surface area contributed by atoms with E-state index in [4.69, 9.17) is 10.5 Å². The van der Waals surface area contributed by atoms with Crippen molar-refractivity contribution in [1.82, 2.24) is 0 Å². The zero-order valence-corrected chi connectivity index (χ0v) is 10.4. The third-order valence-corrected chi connectivity index (χ3v) is 2.95. The predicted octanol–water partition coefficient (Wildman–Crippen LogP) is 0.0436. The van der Waals surface area contributed by atoms with Crippen LogP contribution in [-0.2, 0) is 10.4 Å². The van der Waals surface area contributed by atoms with E-state index in [1.807, 2.05) is 0 Å². The van der Waals surface area contributed by atoms with Gasteiger partial charge in [0.25, 0.3) is 0 Å². The number of aliphatic hydroxyl groups is 1. The molecule has 0 saturated heterocycles. The van der Waals surface area contributed by atoms with Crippen LogP contribution in [0, 0.1) is 0 Å². The van der Waals surface area contributed by atoms with E-state index in [0.717, 1.165) is 0 Å². The number of methoxy groups -OCH3 is 1. The summed E-state index contributed by atoms with van der Waals surface area (Å²) in [4.78, 5) is 0. The lowest BCUT2D eigenvalue weighted by Gasteiger charge is -2.24. The highest BCUT2D eigenvalue weighted by molar-refractivity contribution is 7.82. The Morgan fingerprint density at radius 3 is 2.72 bits per heavy atom. The van der Waals surface area contributed by atoms with Gasteiger partial charge >= 0.3 is 10.4 Å². The summed E-state index contributed by atoms with van der Waals surface area (Å²) >= 11 is 0. The lowest BCUT2D eigenvalue weighted by atomic mass is 10.2. The molecule has 4 N–H and O–H groups in total. The van der Waals surface area contributed by atoms with Crippen molar-refractivity contribution in [2.24, 2.45) is 0 Å². The molecule has 0 saturated carbocycles. The maximum absolute atomic E-state index is 11.3. The highest BCUT2D eigenvalue weighted by Crippen LogP contribution is 2.49. The average molecular weight is 276 g/mol. The van der Waals surface area contributed by atoms with Gasteiger partial charge in [-0.2, -0.15) is 0 Å². The van der Waals surface area contributed by atoms with Crippen molar-refractivity contribution in [3.05, 3.63) is 6.07 Å². The Kier molecular flexibility index (Phi) is 2.87. The van der Waals surface area contributed by atoms with Crippen LogP contribution in [0.25, 0.3) is 0 Å². The quantitative estimate of drug-likeness (QED) is 0.523. The van der Waals surface area contributed by atoms with Crippen LogP contribution in [0.4, 0.5) is 11.4 Å². The lowest BCUT2D eigenvalue weighted by molar-refractivity contribution is 0.223. The normalized spacial score (nSPS) is 17.3. The number of nitrogen functional groups attached to an aromatic ring is 1. The Bertz CT molecular complexity index is 583. The van der Waals surface area contributed by atoms with Gasteiger partial charge in [-0.1, -0.05) is 0 Å². The smallest absolute Gasteiger partial charge is 0.494 e. The van der Waals surface area contributed by atoms with E-state index in [1.165, 1.54) is 20.1 Å². The second-order valence-corrected chi connectivity index (χ2v) is 4.74. The van der Waals surface area contributed by atoms with Crippen LogP contribution in [0.1, 0.15) is 6.92 Å². The Hall–Kier alpha value is -1.87. The summed E-state index contributed by atoms with van der Waals surface area (Å²) in [6.45, 7) is 1.45. The van der Waals surface area contributed by atoms with Gasteiger partial charge in [-0.15, -0.1) is 8.42 Å².